The van der Waals surface area contributed by atoms with Gasteiger partial charge in [-0.25, -0.2) is 0 Å². The standard InChI is InChI=1S/C26H35N3.C2H6.C2H2/c1-4-5-15-28(3)16-14-21-7-9-22(10-8-21)25-13-11-23-18-29(19-26(23)25)24-12-6-20(2)27-17-24;2*1-2/h6-10,12-13,17,23,26H,4-5,11,14-16,18-19H2,1-3H3;1-2H3;1-2H. The summed E-state index contributed by atoms with van der Waals surface area (Å²) >= 11 is 0. The van der Waals surface area contributed by atoms with Crippen LogP contribution in [0, 0.1) is 31.6 Å². The van der Waals surface area contributed by atoms with Crippen LogP contribution in [-0.4, -0.2) is 43.1 Å². The fourth-order valence-corrected chi connectivity index (χ4v) is 4.81. The zero-order chi connectivity index (χ0) is 24.2. The second-order valence-electron chi connectivity index (χ2n) is 8.93. The molecule has 1 fully saturated rings. The number of unbranched alkanes of at least 4 members (excludes halogenated alkanes) is 1. The van der Waals surface area contributed by atoms with E-state index in [0.29, 0.717) is 5.92 Å². The van der Waals surface area contributed by atoms with Crippen LogP contribution in [0.25, 0.3) is 5.57 Å². The summed E-state index contributed by atoms with van der Waals surface area (Å²) in [6.45, 7) is 12.9. The van der Waals surface area contributed by atoms with Crippen LogP contribution < -0.4 is 4.90 Å². The van der Waals surface area contributed by atoms with Gasteiger partial charge in [0, 0.05) is 31.2 Å². The number of rotatable bonds is 8. The summed E-state index contributed by atoms with van der Waals surface area (Å²) < 4.78 is 0. The van der Waals surface area contributed by atoms with Gasteiger partial charge in [0.1, 0.15) is 0 Å². The first-order valence-electron chi connectivity index (χ1n) is 12.6. The highest BCUT2D eigenvalue weighted by Crippen LogP contribution is 2.44. The van der Waals surface area contributed by atoms with Gasteiger partial charge in [-0.1, -0.05) is 57.5 Å². The largest absolute Gasteiger partial charge is 0.369 e. The molecule has 1 aliphatic heterocycles. The third kappa shape index (κ3) is 7.21. The molecule has 1 saturated heterocycles. The molecular formula is C30H43N3. The molecular weight excluding hydrogens is 402 g/mol. The van der Waals surface area contributed by atoms with E-state index in [4.69, 9.17) is 0 Å². The lowest BCUT2D eigenvalue weighted by atomic mass is 9.90. The number of nitrogens with zero attached hydrogens (tertiary/aromatic N) is 3. The molecule has 1 aromatic carbocycles. The van der Waals surface area contributed by atoms with Crippen molar-refractivity contribution in [2.75, 3.05) is 38.1 Å². The molecule has 3 heteroatoms. The van der Waals surface area contributed by atoms with Gasteiger partial charge in [-0.05, 0) is 74.5 Å². The molecule has 2 heterocycles. The van der Waals surface area contributed by atoms with Crippen molar-refractivity contribution in [2.45, 2.75) is 53.4 Å². The van der Waals surface area contributed by atoms with Crippen molar-refractivity contribution in [3.8, 4) is 12.8 Å². The zero-order valence-corrected chi connectivity index (χ0v) is 21.4. The number of likely N-dealkylation sites (N-methyl/N-ethyl adjacent to an activating group) is 1. The normalized spacial score (nSPS) is 18.7. The molecule has 2 unspecified atom stereocenters. The number of hydrogen-bond acceptors (Lipinski definition) is 3. The summed E-state index contributed by atoms with van der Waals surface area (Å²) in [5, 5.41) is 0. The highest BCUT2D eigenvalue weighted by atomic mass is 15.2. The maximum Gasteiger partial charge on any atom is 0.0553 e. The first-order valence-corrected chi connectivity index (χ1v) is 12.6. The summed E-state index contributed by atoms with van der Waals surface area (Å²) in [6.07, 6.45) is 17.4. The molecule has 1 aromatic heterocycles. The number of pyridine rings is 1. The molecule has 3 nitrogen and oxygen atoms in total. The number of fused-ring (bicyclic) bond motifs is 1. The number of anilines is 1. The maximum atomic E-state index is 4.49. The highest BCUT2D eigenvalue weighted by Gasteiger charge is 2.38. The lowest BCUT2D eigenvalue weighted by Crippen LogP contribution is -2.22. The number of allylic oxidation sites excluding steroid dienone is 1. The monoisotopic (exact) mass is 445 g/mol. The molecule has 2 atom stereocenters. The molecule has 0 radical (unpaired) electrons. The van der Waals surface area contributed by atoms with Gasteiger partial charge in [-0.2, -0.15) is 0 Å². The van der Waals surface area contributed by atoms with Crippen molar-refractivity contribution < 1.29 is 0 Å². The molecule has 178 valence electrons. The van der Waals surface area contributed by atoms with Crippen LogP contribution in [0.5, 0.6) is 0 Å². The molecule has 0 amide bonds. The van der Waals surface area contributed by atoms with Gasteiger partial charge in [0.15, 0.2) is 0 Å². The Morgan fingerprint density at radius 1 is 1.03 bits per heavy atom. The lowest BCUT2D eigenvalue weighted by Gasteiger charge is -2.20. The summed E-state index contributed by atoms with van der Waals surface area (Å²) in [6, 6.07) is 13.7. The van der Waals surface area contributed by atoms with Gasteiger partial charge in [-0.3, -0.25) is 4.98 Å². The SMILES string of the molecule is C#C.CC.CCCCN(C)CCc1ccc(C2=CCC3CN(c4ccc(C)nc4)CC23)cc1. The Morgan fingerprint density at radius 3 is 2.39 bits per heavy atom. The molecule has 0 N–H and O–H groups in total. The number of aryl methyl sites for hydroxylation is 1. The molecule has 1 aliphatic carbocycles. The molecule has 4 rings (SSSR count). The minimum Gasteiger partial charge on any atom is -0.369 e. The Labute approximate surface area is 202 Å². The smallest absolute Gasteiger partial charge is 0.0553 e. The summed E-state index contributed by atoms with van der Waals surface area (Å²) in [7, 11) is 2.24. The molecule has 0 spiro atoms. The number of benzene rings is 1. The molecule has 33 heavy (non-hydrogen) atoms. The third-order valence-corrected chi connectivity index (χ3v) is 6.70. The van der Waals surface area contributed by atoms with Crippen molar-refractivity contribution in [1.82, 2.24) is 9.88 Å². The Morgan fingerprint density at radius 2 is 1.76 bits per heavy atom. The Hall–Kier alpha value is -2.57. The predicted octanol–water partition coefficient (Wildman–Crippen LogP) is 6.48. The summed E-state index contributed by atoms with van der Waals surface area (Å²) in [5.74, 6) is 1.40. The second-order valence-corrected chi connectivity index (χ2v) is 8.93. The third-order valence-electron chi connectivity index (χ3n) is 6.70. The molecule has 2 aliphatic rings. The van der Waals surface area contributed by atoms with E-state index in [1.807, 2.05) is 20.0 Å². The second kappa shape index (κ2) is 13.9. The minimum absolute atomic E-state index is 0.655. The van der Waals surface area contributed by atoms with Crippen molar-refractivity contribution in [3.63, 3.8) is 0 Å². The fraction of sp³-hybridized carbons (Fsp3) is 0.500. The van der Waals surface area contributed by atoms with Crippen LogP contribution in [0.1, 0.15) is 56.9 Å². The number of aromatic nitrogens is 1. The average Bonchev–Trinajstić information content (AvgIpc) is 3.46. The van der Waals surface area contributed by atoms with Crippen LogP contribution in [0.4, 0.5) is 5.69 Å². The van der Waals surface area contributed by atoms with Crippen LogP contribution in [0.3, 0.4) is 0 Å². The number of hydrogen-bond donors (Lipinski definition) is 0. The van der Waals surface area contributed by atoms with E-state index in [-0.39, 0.29) is 0 Å². The van der Waals surface area contributed by atoms with E-state index in [2.05, 4.69) is 91.0 Å². The van der Waals surface area contributed by atoms with Crippen LogP contribution in [0.15, 0.2) is 48.7 Å². The van der Waals surface area contributed by atoms with Crippen molar-refractivity contribution >= 4 is 11.3 Å². The van der Waals surface area contributed by atoms with E-state index in [0.717, 1.165) is 37.7 Å². The quantitative estimate of drug-likeness (QED) is 0.434. The lowest BCUT2D eigenvalue weighted by molar-refractivity contribution is 0.332. The van der Waals surface area contributed by atoms with Gasteiger partial charge in [0.2, 0.25) is 0 Å². The molecule has 0 saturated carbocycles. The van der Waals surface area contributed by atoms with Gasteiger partial charge >= 0.3 is 0 Å². The van der Waals surface area contributed by atoms with Crippen molar-refractivity contribution in [2.24, 2.45) is 11.8 Å². The van der Waals surface area contributed by atoms with Crippen molar-refractivity contribution in [1.29, 1.82) is 0 Å². The zero-order valence-electron chi connectivity index (χ0n) is 21.4. The maximum absolute atomic E-state index is 4.49. The predicted molar refractivity (Wildman–Crippen MR) is 145 cm³/mol. The van der Waals surface area contributed by atoms with E-state index in [1.165, 1.54) is 42.6 Å². The minimum atomic E-state index is 0.655. The molecule has 0 bridgehead atoms. The Kier molecular flexibility index (Phi) is 11.2. The van der Waals surface area contributed by atoms with Gasteiger partial charge in [0.05, 0.1) is 11.9 Å². The first kappa shape index (κ1) is 26.7. The van der Waals surface area contributed by atoms with Crippen LogP contribution in [-0.2, 0) is 6.42 Å². The Balaban J connectivity index is 0.000000914. The van der Waals surface area contributed by atoms with Crippen LogP contribution in [0.2, 0.25) is 0 Å². The molecule has 2 aromatic rings. The van der Waals surface area contributed by atoms with Crippen molar-refractivity contribution in [3.05, 3.63) is 65.5 Å². The average molecular weight is 446 g/mol. The Bertz CT molecular complexity index is 864. The number of terminal acetylenes is 1. The van der Waals surface area contributed by atoms with Gasteiger partial charge in [0.25, 0.3) is 0 Å². The first-order chi connectivity index (χ1) is 16.1. The summed E-state index contributed by atoms with van der Waals surface area (Å²) in [4.78, 5) is 9.47. The van der Waals surface area contributed by atoms with Gasteiger partial charge < -0.3 is 9.80 Å². The van der Waals surface area contributed by atoms with E-state index < -0.39 is 0 Å². The fourth-order valence-electron chi connectivity index (χ4n) is 4.81. The van der Waals surface area contributed by atoms with Crippen LogP contribution >= 0.6 is 0 Å². The van der Waals surface area contributed by atoms with E-state index >= 15 is 0 Å². The highest BCUT2D eigenvalue weighted by molar-refractivity contribution is 5.71. The summed E-state index contributed by atoms with van der Waals surface area (Å²) in [5.41, 5.74) is 6.79. The van der Waals surface area contributed by atoms with E-state index in [9.17, 15) is 0 Å². The van der Waals surface area contributed by atoms with Gasteiger partial charge in [-0.15, -0.1) is 12.8 Å². The van der Waals surface area contributed by atoms with E-state index in [1.54, 1.807) is 5.57 Å². The topological polar surface area (TPSA) is 19.4 Å².